The van der Waals surface area contributed by atoms with Crippen LogP contribution in [0, 0.1) is 22.7 Å². The van der Waals surface area contributed by atoms with Crippen LogP contribution in [-0.2, 0) is 43.1 Å². The molecule has 1 spiro atoms. The summed E-state index contributed by atoms with van der Waals surface area (Å²) in [5.41, 5.74) is 5.20. The molecular formula is C37H46O4. The molecule has 2 fully saturated rings. The lowest BCUT2D eigenvalue weighted by Crippen LogP contribution is -2.39. The van der Waals surface area contributed by atoms with Crippen molar-refractivity contribution in [1.29, 1.82) is 0 Å². The zero-order valence-corrected chi connectivity index (χ0v) is 25.8. The van der Waals surface area contributed by atoms with Gasteiger partial charge in [0.05, 0.1) is 5.41 Å². The topological polar surface area (TPSA) is 52.6 Å². The Morgan fingerprint density at radius 1 is 0.951 bits per heavy atom. The molecule has 4 aliphatic rings. The van der Waals surface area contributed by atoms with Crippen LogP contribution in [0.4, 0.5) is 0 Å². The molecule has 2 aromatic rings. The molecule has 0 heterocycles. The van der Waals surface area contributed by atoms with Crippen LogP contribution >= 0.6 is 0 Å². The standard InChI is InChI=1S/C37H46O4/c1-23(2)32(38)40-35(6)29-14-9-8-11-27(29)21-31(35)26-13-10-12-24(19-26)25-15-16-30-28(20-25)22-37(17-18-37)36(30,7)41-33(39)34(3,4)5/h8-9,11,14-16,20,24,26,31H,1,10,12-13,17-19,21-22H2,2-7H3. The van der Waals surface area contributed by atoms with Crippen LogP contribution < -0.4 is 0 Å². The second-order valence-corrected chi connectivity index (χ2v) is 14.9. The SMILES string of the molecule is C=C(C)C(=O)OC1(C)c2ccccc2CC1C1CCCC(c2ccc3c(c2)CC2(CC2)C3(C)OC(=O)C(C)(C)C)C1. The Hall–Kier alpha value is -2.88. The van der Waals surface area contributed by atoms with Crippen LogP contribution in [0.2, 0.25) is 0 Å². The van der Waals surface area contributed by atoms with Crippen molar-refractivity contribution in [1.82, 2.24) is 0 Å². The van der Waals surface area contributed by atoms with Gasteiger partial charge in [-0.2, -0.15) is 0 Å². The Balaban J connectivity index is 1.26. The average Bonchev–Trinajstić information content (AvgIpc) is 3.60. The molecule has 218 valence electrons. The molecule has 2 aromatic carbocycles. The van der Waals surface area contributed by atoms with Crippen molar-refractivity contribution in [3.63, 3.8) is 0 Å². The predicted octanol–water partition coefficient (Wildman–Crippen LogP) is 8.31. The minimum Gasteiger partial charge on any atom is -0.453 e. The second kappa shape index (κ2) is 9.57. The smallest absolute Gasteiger partial charge is 0.333 e. The molecule has 6 rings (SSSR count). The maximum atomic E-state index is 13.0. The number of ether oxygens (including phenoxy) is 2. The summed E-state index contributed by atoms with van der Waals surface area (Å²) in [4.78, 5) is 25.8. The van der Waals surface area contributed by atoms with E-state index < -0.39 is 16.6 Å². The fourth-order valence-electron chi connectivity index (χ4n) is 8.34. The van der Waals surface area contributed by atoms with Crippen molar-refractivity contribution in [2.45, 2.75) is 110 Å². The molecule has 0 bridgehead atoms. The Morgan fingerprint density at radius 2 is 1.68 bits per heavy atom. The first-order chi connectivity index (χ1) is 19.3. The third kappa shape index (κ3) is 4.57. The van der Waals surface area contributed by atoms with Gasteiger partial charge in [-0.25, -0.2) is 4.79 Å². The molecule has 4 aliphatic carbocycles. The van der Waals surface area contributed by atoms with E-state index in [0.717, 1.165) is 44.1 Å². The van der Waals surface area contributed by atoms with E-state index >= 15 is 0 Å². The molecule has 0 saturated heterocycles. The maximum absolute atomic E-state index is 13.0. The summed E-state index contributed by atoms with van der Waals surface area (Å²) in [5.74, 6) is 0.763. The van der Waals surface area contributed by atoms with E-state index in [9.17, 15) is 9.59 Å². The minimum atomic E-state index is -0.645. The van der Waals surface area contributed by atoms with Gasteiger partial charge in [0.25, 0.3) is 0 Å². The molecular weight excluding hydrogens is 508 g/mol. The van der Waals surface area contributed by atoms with Crippen molar-refractivity contribution in [2.75, 3.05) is 0 Å². The minimum absolute atomic E-state index is 0.0502. The molecule has 0 radical (unpaired) electrons. The third-order valence-corrected chi connectivity index (χ3v) is 11.1. The van der Waals surface area contributed by atoms with Crippen LogP contribution in [0.15, 0.2) is 54.6 Å². The monoisotopic (exact) mass is 554 g/mol. The summed E-state index contributed by atoms with van der Waals surface area (Å²) in [6.07, 6.45) is 8.77. The summed E-state index contributed by atoms with van der Waals surface area (Å²) in [6.45, 7) is 15.7. The van der Waals surface area contributed by atoms with Gasteiger partial charge in [0.15, 0.2) is 0 Å². The number of rotatable bonds is 5. The summed E-state index contributed by atoms with van der Waals surface area (Å²) < 4.78 is 12.6. The lowest BCUT2D eigenvalue weighted by molar-refractivity contribution is -0.176. The van der Waals surface area contributed by atoms with Gasteiger partial charge in [-0.15, -0.1) is 0 Å². The first kappa shape index (κ1) is 28.2. The van der Waals surface area contributed by atoms with Gasteiger partial charge >= 0.3 is 11.9 Å². The molecule has 2 saturated carbocycles. The second-order valence-electron chi connectivity index (χ2n) is 14.9. The highest BCUT2D eigenvalue weighted by molar-refractivity contribution is 5.87. The first-order valence-electron chi connectivity index (χ1n) is 15.6. The Bertz CT molecular complexity index is 1410. The molecule has 0 aliphatic heterocycles. The van der Waals surface area contributed by atoms with Gasteiger partial charge < -0.3 is 9.47 Å². The van der Waals surface area contributed by atoms with Gasteiger partial charge in [-0.05, 0) is 126 Å². The van der Waals surface area contributed by atoms with Crippen molar-refractivity contribution in [2.24, 2.45) is 22.7 Å². The van der Waals surface area contributed by atoms with Gasteiger partial charge in [-0.3, -0.25) is 4.79 Å². The summed E-state index contributed by atoms with van der Waals surface area (Å²) in [7, 11) is 0. The Morgan fingerprint density at radius 3 is 2.37 bits per heavy atom. The lowest BCUT2D eigenvalue weighted by Gasteiger charge is -2.41. The number of esters is 2. The molecule has 5 unspecified atom stereocenters. The van der Waals surface area contributed by atoms with Gasteiger partial charge in [-0.1, -0.05) is 55.5 Å². The fourth-order valence-corrected chi connectivity index (χ4v) is 8.34. The van der Waals surface area contributed by atoms with E-state index in [0.29, 0.717) is 17.4 Å². The van der Waals surface area contributed by atoms with Crippen LogP contribution in [0.25, 0.3) is 0 Å². The molecule has 0 amide bonds. The molecule has 0 aromatic heterocycles. The highest BCUT2D eigenvalue weighted by Crippen LogP contribution is 2.67. The predicted molar refractivity (Wildman–Crippen MR) is 161 cm³/mol. The van der Waals surface area contributed by atoms with Crippen molar-refractivity contribution < 1.29 is 19.1 Å². The van der Waals surface area contributed by atoms with Gasteiger partial charge in [0.1, 0.15) is 11.2 Å². The van der Waals surface area contributed by atoms with Crippen molar-refractivity contribution in [3.05, 3.63) is 82.4 Å². The van der Waals surface area contributed by atoms with Crippen LogP contribution in [0.5, 0.6) is 0 Å². The number of fused-ring (bicyclic) bond motifs is 2. The third-order valence-electron chi connectivity index (χ3n) is 11.1. The fraction of sp³-hybridized carbons (Fsp3) is 0.568. The van der Waals surface area contributed by atoms with E-state index in [-0.39, 0.29) is 23.3 Å². The number of carbonyl (C=O) groups is 2. The molecule has 0 N–H and O–H groups in total. The van der Waals surface area contributed by atoms with Crippen LogP contribution in [-0.4, -0.2) is 11.9 Å². The van der Waals surface area contributed by atoms with Crippen molar-refractivity contribution >= 4 is 11.9 Å². The van der Waals surface area contributed by atoms with Crippen LogP contribution in [0.3, 0.4) is 0 Å². The van der Waals surface area contributed by atoms with E-state index in [1.54, 1.807) is 6.92 Å². The highest BCUT2D eigenvalue weighted by Gasteiger charge is 2.64. The summed E-state index contributed by atoms with van der Waals surface area (Å²) in [6, 6.07) is 15.5. The number of hydrogen-bond donors (Lipinski definition) is 0. The molecule has 5 atom stereocenters. The maximum Gasteiger partial charge on any atom is 0.333 e. The van der Waals surface area contributed by atoms with E-state index in [1.807, 2.05) is 20.8 Å². The normalized spacial score (nSPS) is 31.3. The molecule has 4 nitrogen and oxygen atoms in total. The quantitative estimate of drug-likeness (QED) is 0.275. The summed E-state index contributed by atoms with van der Waals surface area (Å²) >= 11 is 0. The van der Waals surface area contributed by atoms with Gasteiger partial charge in [0, 0.05) is 16.9 Å². The van der Waals surface area contributed by atoms with E-state index in [4.69, 9.17) is 9.47 Å². The Labute approximate surface area is 245 Å². The van der Waals surface area contributed by atoms with Gasteiger partial charge in [0.2, 0.25) is 0 Å². The van der Waals surface area contributed by atoms with Crippen molar-refractivity contribution in [3.8, 4) is 0 Å². The lowest BCUT2D eigenvalue weighted by atomic mass is 9.68. The number of hydrogen-bond acceptors (Lipinski definition) is 4. The number of benzene rings is 2. The molecule has 41 heavy (non-hydrogen) atoms. The Kier molecular flexibility index (Phi) is 6.60. The summed E-state index contributed by atoms with van der Waals surface area (Å²) in [5, 5.41) is 0. The largest absolute Gasteiger partial charge is 0.453 e. The molecule has 4 heteroatoms. The zero-order valence-electron chi connectivity index (χ0n) is 25.8. The number of carbonyl (C=O) groups excluding carboxylic acids is 2. The van der Waals surface area contributed by atoms with Crippen LogP contribution in [0.1, 0.15) is 114 Å². The van der Waals surface area contributed by atoms with E-state index in [1.165, 1.54) is 35.1 Å². The average molecular weight is 555 g/mol. The first-order valence-corrected chi connectivity index (χ1v) is 15.6. The zero-order chi connectivity index (χ0) is 29.4. The highest BCUT2D eigenvalue weighted by atomic mass is 16.6. The van der Waals surface area contributed by atoms with E-state index in [2.05, 4.69) is 62.9 Å².